The molecule has 0 aliphatic heterocycles. The molecule has 0 spiro atoms. The van der Waals surface area contributed by atoms with Crippen LogP contribution >= 0.6 is 23.2 Å². The van der Waals surface area contributed by atoms with Gasteiger partial charge in [0.05, 0.1) is 10.0 Å². The fraction of sp³-hybridized carbons (Fsp3) is 0.500. The van der Waals surface area contributed by atoms with E-state index in [4.69, 9.17) is 23.2 Å². The lowest BCUT2D eigenvalue weighted by molar-refractivity contribution is 0.268. The van der Waals surface area contributed by atoms with E-state index in [-0.39, 0.29) is 5.75 Å². The molecule has 1 unspecified atom stereocenters. The van der Waals surface area contributed by atoms with Gasteiger partial charge in [0.1, 0.15) is 0 Å². The quantitative estimate of drug-likeness (QED) is 0.838. The zero-order valence-corrected chi connectivity index (χ0v) is 10.9. The highest BCUT2D eigenvalue weighted by Crippen LogP contribution is 2.40. The SMILES string of the molecule is CN(C)C1CCc2cc(Cl)c(O)c(Cl)c2C1. The van der Waals surface area contributed by atoms with Crippen molar-refractivity contribution in [2.24, 2.45) is 0 Å². The second-order valence-corrected chi connectivity index (χ2v) is 5.30. The molecule has 1 N–H and O–H groups in total. The summed E-state index contributed by atoms with van der Waals surface area (Å²) in [4.78, 5) is 2.20. The van der Waals surface area contributed by atoms with E-state index in [0.717, 1.165) is 24.8 Å². The van der Waals surface area contributed by atoms with Crippen LogP contribution in [0.5, 0.6) is 5.75 Å². The first-order chi connectivity index (χ1) is 7.50. The molecule has 1 aromatic carbocycles. The van der Waals surface area contributed by atoms with Crippen LogP contribution in [0.25, 0.3) is 0 Å². The van der Waals surface area contributed by atoms with Gasteiger partial charge in [-0.2, -0.15) is 0 Å². The van der Waals surface area contributed by atoms with Gasteiger partial charge in [0.25, 0.3) is 0 Å². The molecule has 1 aromatic rings. The van der Waals surface area contributed by atoms with E-state index in [1.54, 1.807) is 0 Å². The minimum atomic E-state index is 0.0153. The summed E-state index contributed by atoms with van der Waals surface area (Å²) < 4.78 is 0. The minimum Gasteiger partial charge on any atom is -0.505 e. The molecular formula is C12H15Cl2NO. The van der Waals surface area contributed by atoms with Crippen molar-refractivity contribution in [2.45, 2.75) is 25.3 Å². The Morgan fingerprint density at radius 3 is 2.69 bits per heavy atom. The highest BCUT2D eigenvalue weighted by molar-refractivity contribution is 6.37. The maximum absolute atomic E-state index is 9.71. The fourth-order valence-corrected chi connectivity index (χ4v) is 2.82. The van der Waals surface area contributed by atoms with Crippen molar-refractivity contribution < 1.29 is 5.11 Å². The second kappa shape index (κ2) is 4.44. The molecule has 0 aromatic heterocycles. The summed E-state index contributed by atoms with van der Waals surface area (Å²) in [7, 11) is 4.14. The van der Waals surface area contributed by atoms with Crippen LogP contribution in [0.15, 0.2) is 6.07 Å². The largest absolute Gasteiger partial charge is 0.505 e. The number of aromatic hydroxyl groups is 1. The van der Waals surface area contributed by atoms with Crippen molar-refractivity contribution in [3.8, 4) is 5.75 Å². The highest BCUT2D eigenvalue weighted by Gasteiger charge is 2.24. The molecular weight excluding hydrogens is 245 g/mol. The van der Waals surface area contributed by atoms with E-state index in [2.05, 4.69) is 19.0 Å². The Labute approximate surface area is 106 Å². The van der Waals surface area contributed by atoms with Gasteiger partial charge in [-0.25, -0.2) is 0 Å². The second-order valence-electron chi connectivity index (χ2n) is 4.52. The molecule has 0 saturated carbocycles. The first kappa shape index (κ1) is 12.0. The predicted octanol–water partition coefficient (Wildman–Crippen LogP) is 3.12. The van der Waals surface area contributed by atoms with Gasteiger partial charge in [0.15, 0.2) is 5.75 Å². The van der Waals surface area contributed by atoms with E-state index in [0.29, 0.717) is 16.1 Å². The Bertz CT molecular complexity index is 418. The van der Waals surface area contributed by atoms with Gasteiger partial charge in [0.2, 0.25) is 0 Å². The van der Waals surface area contributed by atoms with Crippen LogP contribution in [-0.2, 0) is 12.8 Å². The first-order valence-electron chi connectivity index (χ1n) is 5.36. The molecule has 16 heavy (non-hydrogen) atoms. The number of nitrogens with zero attached hydrogens (tertiary/aromatic N) is 1. The number of aryl methyl sites for hydroxylation is 1. The number of hydrogen-bond donors (Lipinski definition) is 1. The van der Waals surface area contributed by atoms with Gasteiger partial charge >= 0.3 is 0 Å². The van der Waals surface area contributed by atoms with E-state index < -0.39 is 0 Å². The van der Waals surface area contributed by atoms with Crippen molar-refractivity contribution in [1.82, 2.24) is 4.90 Å². The molecule has 1 aliphatic carbocycles. The number of phenols is 1. The molecule has 4 heteroatoms. The third kappa shape index (κ3) is 2.02. The fourth-order valence-electron chi connectivity index (χ4n) is 2.24. The van der Waals surface area contributed by atoms with E-state index >= 15 is 0 Å². The van der Waals surface area contributed by atoms with Crippen LogP contribution < -0.4 is 0 Å². The van der Waals surface area contributed by atoms with Gasteiger partial charge in [-0.3, -0.25) is 0 Å². The summed E-state index contributed by atoms with van der Waals surface area (Å²) in [6.07, 6.45) is 2.96. The molecule has 1 atom stereocenters. The standard InChI is InChI=1S/C12H15Cl2NO/c1-15(2)8-4-3-7-5-10(13)12(16)11(14)9(7)6-8/h5,8,16H,3-4,6H2,1-2H3. The zero-order chi connectivity index (χ0) is 11.9. The molecule has 2 nitrogen and oxygen atoms in total. The number of phenolic OH excluding ortho intramolecular Hbond substituents is 1. The van der Waals surface area contributed by atoms with Crippen LogP contribution in [0.1, 0.15) is 17.5 Å². The van der Waals surface area contributed by atoms with Crippen molar-refractivity contribution in [2.75, 3.05) is 14.1 Å². The van der Waals surface area contributed by atoms with Gasteiger partial charge in [-0.05, 0) is 50.6 Å². The number of likely N-dealkylation sites (N-methyl/N-ethyl adjacent to an activating group) is 1. The van der Waals surface area contributed by atoms with Gasteiger partial charge in [0, 0.05) is 6.04 Å². The van der Waals surface area contributed by atoms with Crippen molar-refractivity contribution in [3.63, 3.8) is 0 Å². The number of hydrogen-bond acceptors (Lipinski definition) is 2. The van der Waals surface area contributed by atoms with Crippen LogP contribution in [0, 0.1) is 0 Å². The third-order valence-electron chi connectivity index (χ3n) is 3.30. The van der Waals surface area contributed by atoms with Crippen molar-refractivity contribution in [1.29, 1.82) is 0 Å². The van der Waals surface area contributed by atoms with Crippen LogP contribution in [0.2, 0.25) is 10.0 Å². The third-order valence-corrected chi connectivity index (χ3v) is 4.00. The molecule has 1 aliphatic rings. The number of benzene rings is 1. The average molecular weight is 260 g/mol. The summed E-state index contributed by atoms with van der Waals surface area (Å²) in [5.74, 6) is 0.0153. The molecule has 2 rings (SSSR count). The Kier molecular flexibility index (Phi) is 3.34. The minimum absolute atomic E-state index is 0.0153. The lowest BCUT2D eigenvalue weighted by atomic mass is 9.87. The molecule has 0 amide bonds. The van der Waals surface area contributed by atoms with Crippen LogP contribution in [-0.4, -0.2) is 30.1 Å². The topological polar surface area (TPSA) is 23.5 Å². The summed E-state index contributed by atoms with van der Waals surface area (Å²) in [5.41, 5.74) is 2.22. The predicted molar refractivity (Wildman–Crippen MR) is 67.6 cm³/mol. The molecule has 0 bridgehead atoms. The van der Waals surface area contributed by atoms with Crippen LogP contribution in [0.3, 0.4) is 0 Å². The van der Waals surface area contributed by atoms with Gasteiger partial charge in [-0.15, -0.1) is 0 Å². The number of rotatable bonds is 1. The smallest absolute Gasteiger partial charge is 0.153 e. The van der Waals surface area contributed by atoms with Crippen LogP contribution in [0.4, 0.5) is 0 Å². The lowest BCUT2D eigenvalue weighted by Crippen LogP contribution is -2.33. The summed E-state index contributed by atoms with van der Waals surface area (Å²) in [6, 6.07) is 2.33. The normalized spacial score (nSPS) is 19.9. The molecule has 0 radical (unpaired) electrons. The van der Waals surface area contributed by atoms with Gasteiger partial charge in [-0.1, -0.05) is 23.2 Å². The lowest BCUT2D eigenvalue weighted by Gasteiger charge is -2.30. The maximum atomic E-state index is 9.71. The van der Waals surface area contributed by atoms with Gasteiger partial charge < -0.3 is 10.0 Å². The van der Waals surface area contributed by atoms with E-state index in [1.165, 1.54) is 5.56 Å². The number of fused-ring (bicyclic) bond motifs is 1. The molecule has 0 heterocycles. The maximum Gasteiger partial charge on any atom is 0.153 e. The summed E-state index contributed by atoms with van der Waals surface area (Å²) >= 11 is 12.0. The summed E-state index contributed by atoms with van der Waals surface area (Å²) in [6.45, 7) is 0. The first-order valence-corrected chi connectivity index (χ1v) is 6.11. The molecule has 88 valence electrons. The van der Waals surface area contributed by atoms with E-state index in [9.17, 15) is 5.11 Å². The molecule has 0 saturated heterocycles. The average Bonchev–Trinajstić information content (AvgIpc) is 2.25. The monoisotopic (exact) mass is 259 g/mol. The van der Waals surface area contributed by atoms with Crippen molar-refractivity contribution >= 4 is 23.2 Å². The summed E-state index contributed by atoms with van der Waals surface area (Å²) in [5, 5.41) is 10.5. The zero-order valence-electron chi connectivity index (χ0n) is 9.43. The molecule has 0 fully saturated rings. The Balaban J connectivity index is 2.41. The Hall–Kier alpha value is -0.440. The number of halogens is 2. The van der Waals surface area contributed by atoms with Crippen molar-refractivity contribution in [3.05, 3.63) is 27.2 Å². The Morgan fingerprint density at radius 1 is 1.38 bits per heavy atom. The Morgan fingerprint density at radius 2 is 2.06 bits per heavy atom. The van der Waals surface area contributed by atoms with E-state index in [1.807, 2.05) is 6.07 Å². The highest BCUT2D eigenvalue weighted by atomic mass is 35.5.